The number of hydrogen-bond donors (Lipinski definition) is 3. The van der Waals surface area contributed by atoms with Crippen molar-refractivity contribution in [2.45, 2.75) is 34.1 Å². The van der Waals surface area contributed by atoms with Crippen LogP contribution in [0.5, 0.6) is 0 Å². The lowest BCUT2D eigenvalue weighted by Gasteiger charge is -2.13. The third-order valence-corrected chi connectivity index (χ3v) is 3.87. The minimum absolute atomic E-state index is 0.141. The average Bonchev–Trinajstić information content (AvgIpc) is 2.50. The van der Waals surface area contributed by atoms with Crippen LogP contribution in [0.25, 0.3) is 0 Å². The first-order valence-electron chi connectivity index (χ1n) is 8.34. The first-order chi connectivity index (χ1) is 11.8. The van der Waals surface area contributed by atoms with Crippen molar-refractivity contribution in [3.8, 4) is 0 Å². The number of nitrogens with one attached hydrogen (secondary N) is 3. The quantitative estimate of drug-likeness (QED) is 0.772. The summed E-state index contributed by atoms with van der Waals surface area (Å²) < 4.78 is 0. The highest BCUT2D eigenvalue weighted by Gasteiger charge is 2.08. The number of carbonyl (C=O) groups is 2. The molecular formula is C20H25N3O2. The topological polar surface area (TPSA) is 70.2 Å². The molecule has 0 spiro atoms. The van der Waals surface area contributed by atoms with Crippen LogP contribution in [-0.4, -0.2) is 18.5 Å². The predicted octanol–water partition coefficient (Wildman–Crippen LogP) is 3.93. The van der Waals surface area contributed by atoms with Crippen LogP contribution in [-0.2, 0) is 11.2 Å². The molecule has 2 aromatic rings. The van der Waals surface area contributed by atoms with Crippen LogP contribution in [0.3, 0.4) is 0 Å². The van der Waals surface area contributed by atoms with Gasteiger partial charge in [0.2, 0.25) is 5.91 Å². The minimum Gasteiger partial charge on any atom is -0.338 e. The maximum absolute atomic E-state index is 12.1. The van der Waals surface area contributed by atoms with E-state index in [2.05, 4.69) is 48.0 Å². The highest BCUT2D eigenvalue weighted by molar-refractivity contribution is 5.94. The molecule has 0 aliphatic rings. The van der Waals surface area contributed by atoms with Crippen molar-refractivity contribution < 1.29 is 9.59 Å². The first-order valence-corrected chi connectivity index (χ1v) is 8.34. The van der Waals surface area contributed by atoms with Gasteiger partial charge in [-0.1, -0.05) is 35.4 Å². The van der Waals surface area contributed by atoms with E-state index in [1.165, 1.54) is 23.6 Å². The van der Waals surface area contributed by atoms with Gasteiger partial charge in [-0.2, -0.15) is 0 Å². The van der Waals surface area contributed by atoms with E-state index >= 15 is 0 Å². The second-order valence-corrected chi connectivity index (χ2v) is 6.29. The van der Waals surface area contributed by atoms with Crippen molar-refractivity contribution in [3.63, 3.8) is 0 Å². The molecule has 0 heterocycles. The number of anilines is 2. The molecule has 0 unspecified atom stereocenters. The van der Waals surface area contributed by atoms with E-state index in [0.717, 1.165) is 12.0 Å². The van der Waals surface area contributed by atoms with Crippen LogP contribution >= 0.6 is 0 Å². The summed E-state index contributed by atoms with van der Waals surface area (Å²) in [6.07, 6.45) is 0.779. The number of amides is 3. The van der Waals surface area contributed by atoms with Crippen molar-refractivity contribution in [1.82, 2.24) is 5.32 Å². The maximum atomic E-state index is 12.1. The summed E-state index contributed by atoms with van der Waals surface area (Å²) >= 11 is 0. The van der Waals surface area contributed by atoms with Gasteiger partial charge in [0.05, 0.1) is 0 Å². The van der Waals surface area contributed by atoms with E-state index in [-0.39, 0.29) is 11.9 Å². The van der Waals surface area contributed by atoms with Crippen LogP contribution in [0, 0.1) is 20.8 Å². The van der Waals surface area contributed by atoms with Crippen LogP contribution < -0.4 is 16.0 Å². The van der Waals surface area contributed by atoms with Crippen LogP contribution in [0.1, 0.15) is 29.2 Å². The monoisotopic (exact) mass is 339 g/mol. The fourth-order valence-electron chi connectivity index (χ4n) is 2.80. The number of rotatable bonds is 5. The maximum Gasteiger partial charge on any atom is 0.319 e. The molecule has 25 heavy (non-hydrogen) atoms. The van der Waals surface area contributed by atoms with Crippen molar-refractivity contribution in [2.75, 3.05) is 17.2 Å². The zero-order valence-corrected chi connectivity index (χ0v) is 15.2. The van der Waals surface area contributed by atoms with Gasteiger partial charge in [0.1, 0.15) is 0 Å². The average molecular weight is 339 g/mol. The van der Waals surface area contributed by atoms with E-state index < -0.39 is 0 Å². The van der Waals surface area contributed by atoms with Gasteiger partial charge in [0, 0.05) is 24.8 Å². The normalized spacial score (nSPS) is 10.2. The van der Waals surface area contributed by atoms with Gasteiger partial charge in [-0.3, -0.25) is 4.79 Å². The molecule has 0 radical (unpaired) electrons. The Kier molecular flexibility index (Phi) is 6.17. The Morgan fingerprint density at radius 1 is 0.920 bits per heavy atom. The molecule has 132 valence electrons. The van der Waals surface area contributed by atoms with Crippen LogP contribution in [0.4, 0.5) is 16.2 Å². The fraction of sp³-hybridized carbons (Fsp3) is 0.300. The molecule has 2 aromatic carbocycles. The molecule has 0 fully saturated rings. The predicted molar refractivity (Wildman–Crippen MR) is 102 cm³/mol. The lowest BCUT2D eigenvalue weighted by atomic mass is 10.1. The summed E-state index contributed by atoms with van der Waals surface area (Å²) in [7, 11) is 0. The smallest absolute Gasteiger partial charge is 0.319 e. The number of hydrogen-bond acceptors (Lipinski definition) is 2. The third kappa shape index (κ3) is 5.64. The molecule has 0 aliphatic carbocycles. The van der Waals surface area contributed by atoms with Gasteiger partial charge in [0.25, 0.3) is 0 Å². The van der Waals surface area contributed by atoms with E-state index in [1.54, 1.807) is 12.1 Å². The van der Waals surface area contributed by atoms with E-state index in [9.17, 15) is 9.59 Å². The van der Waals surface area contributed by atoms with Crippen LogP contribution in [0.2, 0.25) is 0 Å². The molecule has 0 saturated heterocycles. The molecule has 0 bridgehead atoms. The molecule has 0 atom stereocenters. The van der Waals surface area contributed by atoms with E-state index in [1.807, 2.05) is 13.0 Å². The SMILES string of the molecule is CC(=O)Nc1cccc(NC(=O)NCCc2cc(C)cc(C)c2)c1C. The minimum atomic E-state index is -0.257. The Morgan fingerprint density at radius 3 is 2.12 bits per heavy atom. The van der Waals surface area contributed by atoms with Gasteiger partial charge in [0.15, 0.2) is 0 Å². The molecule has 5 heteroatoms. The zero-order valence-electron chi connectivity index (χ0n) is 15.2. The highest BCUT2D eigenvalue weighted by atomic mass is 16.2. The fourth-order valence-corrected chi connectivity index (χ4v) is 2.80. The third-order valence-electron chi connectivity index (χ3n) is 3.87. The molecule has 0 aliphatic heterocycles. The van der Waals surface area contributed by atoms with Crippen molar-refractivity contribution in [2.24, 2.45) is 0 Å². The van der Waals surface area contributed by atoms with Gasteiger partial charge in [-0.15, -0.1) is 0 Å². The summed E-state index contributed by atoms with van der Waals surface area (Å²) in [6, 6.07) is 11.6. The standard InChI is InChI=1S/C20H25N3O2/c1-13-10-14(2)12-17(11-13)8-9-21-20(25)23-19-7-5-6-18(15(19)3)22-16(4)24/h5-7,10-12H,8-9H2,1-4H3,(H,22,24)(H2,21,23,25). The Hall–Kier alpha value is -2.82. The molecule has 0 saturated carbocycles. The second kappa shape index (κ2) is 8.33. The Bertz CT molecular complexity index is 764. The lowest BCUT2D eigenvalue weighted by molar-refractivity contribution is -0.114. The van der Waals surface area contributed by atoms with E-state index in [4.69, 9.17) is 0 Å². The molecule has 3 amide bonds. The summed E-state index contributed by atoms with van der Waals surface area (Å²) in [5.74, 6) is -0.141. The summed E-state index contributed by atoms with van der Waals surface area (Å²) in [6.45, 7) is 8.01. The van der Waals surface area contributed by atoms with Crippen LogP contribution in [0.15, 0.2) is 36.4 Å². The van der Waals surface area contributed by atoms with Crippen molar-refractivity contribution in [1.29, 1.82) is 0 Å². The van der Waals surface area contributed by atoms with Crippen molar-refractivity contribution in [3.05, 3.63) is 58.7 Å². The molecule has 5 nitrogen and oxygen atoms in total. The number of urea groups is 1. The summed E-state index contributed by atoms with van der Waals surface area (Å²) in [4.78, 5) is 23.3. The number of carbonyl (C=O) groups excluding carboxylic acids is 2. The van der Waals surface area contributed by atoms with Gasteiger partial charge < -0.3 is 16.0 Å². The number of aryl methyl sites for hydroxylation is 2. The summed E-state index contributed by atoms with van der Waals surface area (Å²) in [5, 5.41) is 8.45. The lowest BCUT2D eigenvalue weighted by Crippen LogP contribution is -2.30. The van der Waals surface area contributed by atoms with E-state index in [0.29, 0.717) is 17.9 Å². The zero-order chi connectivity index (χ0) is 18.4. The summed E-state index contributed by atoms with van der Waals surface area (Å²) in [5.41, 5.74) is 5.86. The van der Waals surface area contributed by atoms with Gasteiger partial charge in [-0.05, 0) is 50.5 Å². The molecular weight excluding hydrogens is 314 g/mol. The van der Waals surface area contributed by atoms with Gasteiger partial charge >= 0.3 is 6.03 Å². The Labute approximate surface area is 148 Å². The largest absolute Gasteiger partial charge is 0.338 e. The highest BCUT2D eigenvalue weighted by Crippen LogP contribution is 2.23. The Morgan fingerprint density at radius 2 is 1.52 bits per heavy atom. The molecule has 0 aromatic heterocycles. The second-order valence-electron chi connectivity index (χ2n) is 6.29. The molecule has 2 rings (SSSR count). The van der Waals surface area contributed by atoms with Crippen molar-refractivity contribution >= 4 is 23.3 Å². The van der Waals surface area contributed by atoms with Gasteiger partial charge in [-0.25, -0.2) is 4.79 Å². The Balaban J connectivity index is 1.91. The first kappa shape index (κ1) is 18.5. The molecule has 3 N–H and O–H groups in total. The number of benzene rings is 2.